The molecule has 0 fully saturated rings. The van der Waals surface area contributed by atoms with Gasteiger partial charge in [-0.05, 0) is 34.5 Å². The molecule has 0 radical (unpaired) electrons. The third kappa shape index (κ3) is 3.65. The Hall–Kier alpha value is -1.65. The molecule has 0 aliphatic heterocycles. The third-order valence-electron chi connectivity index (χ3n) is 5.49. The van der Waals surface area contributed by atoms with Crippen LogP contribution in [0.25, 0.3) is 10.8 Å². The highest BCUT2D eigenvalue weighted by Crippen LogP contribution is 2.40. The average molecular weight is 359 g/mol. The number of carbonyl (C=O) groups is 1. The van der Waals surface area contributed by atoms with E-state index in [1.54, 1.807) is 7.11 Å². The summed E-state index contributed by atoms with van der Waals surface area (Å²) in [6.07, 6.45) is 0.887. The van der Waals surface area contributed by atoms with Gasteiger partial charge in [-0.25, -0.2) is 0 Å². The van der Waals surface area contributed by atoms with Crippen LogP contribution in [0.1, 0.15) is 43.6 Å². The normalized spacial score (nSPS) is 12.4. The number of benzene rings is 2. The number of rotatable bonds is 6. The van der Waals surface area contributed by atoms with E-state index in [2.05, 4.69) is 46.9 Å². The van der Waals surface area contributed by atoms with Crippen molar-refractivity contribution in [3.8, 4) is 5.75 Å². The highest BCUT2D eigenvalue weighted by molar-refractivity contribution is 7.08. The van der Waals surface area contributed by atoms with Crippen molar-refractivity contribution in [1.82, 2.24) is 0 Å². The topological polar surface area (TPSA) is 35.5 Å². The van der Waals surface area contributed by atoms with Crippen LogP contribution in [0.4, 0.5) is 0 Å². The second-order valence-corrected chi connectivity index (χ2v) is 13.3. The van der Waals surface area contributed by atoms with Crippen LogP contribution in [-0.2, 0) is 11.2 Å². The molecule has 4 heteroatoms. The monoisotopic (exact) mass is 358 g/mol. The van der Waals surface area contributed by atoms with Crippen LogP contribution in [0.2, 0.25) is 18.1 Å². The van der Waals surface area contributed by atoms with Gasteiger partial charge < -0.3 is 14.3 Å². The molecule has 136 valence electrons. The Morgan fingerprint density at radius 1 is 1.12 bits per heavy atom. The molecule has 2 aromatic carbocycles. The van der Waals surface area contributed by atoms with Crippen molar-refractivity contribution in [1.29, 1.82) is 0 Å². The van der Waals surface area contributed by atoms with E-state index < -0.39 is 8.07 Å². The lowest BCUT2D eigenvalue weighted by atomic mass is 9.98. The minimum absolute atomic E-state index is 0.00396. The fourth-order valence-corrected chi connectivity index (χ4v) is 4.43. The highest BCUT2D eigenvalue weighted by Gasteiger charge is 2.43. The van der Waals surface area contributed by atoms with E-state index in [4.69, 9.17) is 9.47 Å². The lowest BCUT2D eigenvalue weighted by Crippen LogP contribution is -2.46. The number of hydrogen-bond acceptors (Lipinski definition) is 3. The zero-order chi connectivity index (χ0) is 18.8. The van der Waals surface area contributed by atoms with Gasteiger partial charge in [-0.2, -0.15) is 0 Å². The summed E-state index contributed by atoms with van der Waals surface area (Å²) >= 11 is 0. The average Bonchev–Trinajstić information content (AvgIpc) is 2.57. The molecule has 0 aliphatic carbocycles. The lowest BCUT2D eigenvalue weighted by molar-refractivity contribution is 0.0522. The molecule has 0 aliphatic rings. The molecular weight excluding hydrogens is 328 g/mol. The van der Waals surface area contributed by atoms with E-state index >= 15 is 0 Å². The van der Waals surface area contributed by atoms with Gasteiger partial charge in [-0.1, -0.05) is 59.0 Å². The van der Waals surface area contributed by atoms with Gasteiger partial charge in [-0.15, -0.1) is 0 Å². The number of aryl methyl sites for hydroxylation is 1. The minimum Gasteiger partial charge on any atom is -0.467 e. The van der Waals surface area contributed by atoms with E-state index in [1.807, 2.05) is 24.3 Å². The first-order valence-electron chi connectivity index (χ1n) is 8.86. The van der Waals surface area contributed by atoms with Crippen LogP contribution < -0.4 is 4.74 Å². The zero-order valence-corrected chi connectivity index (χ0v) is 17.5. The molecule has 0 saturated carbocycles. The lowest BCUT2D eigenvalue weighted by Gasteiger charge is -2.35. The summed E-state index contributed by atoms with van der Waals surface area (Å²) in [5, 5.41) is 2.33. The van der Waals surface area contributed by atoms with Crippen molar-refractivity contribution in [2.24, 2.45) is 0 Å². The number of hydrogen-bond donors (Lipinski definition) is 0. The van der Waals surface area contributed by atoms with E-state index in [-0.39, 0.29) is 11.8 Å². The van der Waals surface area contributed by atoms with Crippen molar-refractivity contribution in [2.75, 3.05) is 13.9 Å². The summed E-state index contributed by atoms with van der Waals surface area (Å²) in [5.41, 5.74) is 2.01. The van der Waals surface area contributed by atoms with Gasteiger partial charge >= 0.3 is 0 Å². The molecule has 0 bridgehead atoms. The van der Waals surface area contributed by atoms with Gasteiger partial charge in [-0.3, -0.25) is 0 Å². The molecule has 0 saturated heterocycles. The predicted octanol–water partition coefficient (Wildman–Crippen LogP) is 5.62. The third-order valence-corrected chi connectivity index (χ3v) is 10.6. The van der Waals surface area contributed by atoms with Crippen molar-refractivity contribution in [2.45, 2.75) is 52.2 Å². The standard InChI is InChI=1S/C21H30O3Si/c1-8-15-10-9-11-16-17(20(22)25(6,7)21(2,3)4)12-13-18(19(15)16)24-14-23-5/h9-13H,8,14H2,1-7H3. The Morgan fingerprint density at radius 3 is 2.36 bits per heavy atom. The molecule has 0 atom stereocenters. The summed E-state index contributed by atoms with van der Waals surface area (Å²) in [4.78, 5) is 13.4. The number of fused-ring (bicyclic) bond motifs is 1. The molecule has 0 N–H and O–H groups in total. The SMILES string of the molecule is CCc1cccc2c(C(=O)[Si](C)(C)C(C)(C)C)ccc(OCOC)c12. The minimum atomic E-state index is -2.14. The van der Waals surface area contributed by atoms with E-state index in [0.29, 0.717) is 5.41 Å². The maximum atomic E-state index is 13.4. The second-order valence-electron chi connectivity index (χ2n) is 8.06. The van der Waals surface area contributed by atoms with Gasteiger partial charge in [0, 0.05) is 18.1 Å². The van der Waals surface area contributed by atoms with Crippen molar-refractivity contribution in [3.63, 3.8) is 0 Å². The Kier molecular flexibility index (Phi) is 5.74. The molecule has 0 amide bonds. The quantitative estimate of drug-likeness (QED) is 0.497. The molecule has 0 aromatic heterocycles. The van der Waals surface area contributed by atoms with E-state index in [9.17, 15) is 4.79 Å². The van der Waals surface area contributed by atoms with E-state index in [1.165, 1.54) is 5.56 Å². The Morgan fingerprint density at radius 2 is 1.80 bits per heavy atom. The van der Waals surface area contributed by atoms with Crippen molar-refractivity contribution < 1.29 is 14.3 Å². The molecule has 0 heterocycles. The Labute approximate surface area is 152 Å². The van der Waals surface area contributed by atoms with Crippen LogP contribution in [0.5, 0.6) is 5.75 Å². The molecule has 2 rings (SSSR count). The molecule has 25 heavy (non-hydrogen) atoms. The maximum absolute atomic E-state index is 13.4. The predicted molar refractivity (Wildman–Crippen MR) is 107 cm³/mol. The second kappa shape index (κ2) is 7.30. The van der Waals surface area contributed by atoms with Crippen molar-refractivity contribution >= 4 is 24.3 Å². The first-order valence-corrected chi connectivity index (χ1v) is 11.9. The molecular formula is C21H30O3Si. The summed E-state index contributed by atoms with van der Waals surface area (Å²) in [7, 11) is -0.532. The fourth-order valence-electron chi connectivity index (χ4n) is 2.86. The molecule has 3 nitrogen and oxygen atoms in total. The van der Waals surface area contributed by atoms with Gasteiger partial charge in [0.25, 0.3) is 0 Å². The molecule has 2 aromatic rings. The maximum Gasteiger partial charge on any atom is 0.188 e. The van der Waals surface area contributed by atoms with Crippen LogP contribution in [-0.4, -0.2) is 27.4 Å². The van der Waals surface area contributed by atoms with Crippen LogP contribution >= 0.6 is 0 Å². The summed E-state index contributed by atoms with van der Waals surface area (Å²) in [6, 6.07) is 10.0. The van der Waals surface area contributed by atoms with Crippen LogP contribution in [0.15, 0.2) is 30.3 Å². The molecule has 0 unspecified atom stereocenters. The van der Waals surface area contributed by atoms with Crippen LogP contribution in [0, 0.1) is 0 Å². The first kappa shape index (κ1) is 19.7. The van der Waals surface area contributed by atoms with Gasteiger partial charge in [0.2, 0.25) is 0 Å². The summed E-state index contributed by atoms with van der Waals surface area (Å²) in [5.74, 6) is 0.779. The van der Waals surface area contributed by atoms with Gasteiger partial charge in [0.05, 0.1) is 0 Å². The van der Waals surface area contributed by atoms with Crippen LogP contribution in [0.3, 0.4) is 0 Å². The number of carbonyl (C=O) groups excluding carboxylic acids is 1. The smallest absolute Gasteiger partial charge is 0.188 e. The first-order chi connectivity index (χ1) is 11.6. The number of methoxy groups -OCH3 is 1. The zero-order valence-electron chi connectivity index (χ0n) is 16.5. The Bertz CT molecular complexity index is 773. The van der Waals surface area contributed by atoms with E-state index in [0.717, 1.165) is 28.5 Å². The highest BCUT2D eigenvalue weighted by atomic mass is 28.3. The van der Waals surface area contributed by atoms with Crippen molar-refractivity contribution in [3.05, 3.63) is 41.5 Å². The fraction of sp³-hybridized carbons (Fsp3) is 0.476. The number of ether oxygens (including phenoxy) is 2. The van der Waals surface area contributed by atoms with Gasteiger partial charge in [0.15, 0.2) is 6.79 Å². The molecule has 0 spiro atoms. The summed E-state index contributed by atoms with van der Waals surface area (Å²) in [6.45, 7) is 13.2. The Balaban J connectivity index is 2.70. The largest absolute Gasteiger partial charge is 0.467 e. The van der Waals surface area contributed by atoms with Gasteiger partial charge in [0.1, 0.15) is 19.2 Å². The summed E-state index contributed by atoms with van der Waals surface area (Å²) < 4.78 is 10.8.